The Hall–Kier alpha value is -4.77. The van der Waals surface area contributed by atoms with Gasteiger partial charge in [-0.15, -0.1) is 0 Å². The van der Waals surface area contributed by atoms with E-state index >= 15 is 0 Å². The van der Waals surface area contributed by atoms with Gasteiger partial charge in [0.25, 0.3) is 11.6 Å². The van der Waals surface area contributed by atoms with Gasteiger partial charge < -0.3 is 4.57 Å². The summed E-state index contributed by atoms with van der Waals surface area (Å²) >= 11 is 0. The Morgan fingerprint density at radius 2 is 1.81 bits per heavy atom. The minimum atomic E-state index is -0.666. The van der Waals surface area contributed by atoms with Crippen molar-refractivity contribution < 1.29 is 9.72 Å². The predicted octanol–water partition coefficient (Wildman–Crippen LogP) is 4.23. The van der Waals surface area contributed by atoms with Crippen LogP contribution in [0.1, 0.15) is 27.0 Å². The Balaban J connectivity index is 1.61. The minimum absolute atomic E-state index is 0.0646. The Morgan fingerprint density at radius 3 is 2.62 bits per heavy atom. The van der Waals surface area contributed by atoms with Crippen molar-refractivity contribution in [2.75, 3.05) is 0 Å². The monoisotopic (exact) mass is 423 g/mol. The van der Waals surface area contributed by atoms with E-state index in [4.69, 9.17) is 0 Å². The molecule has 0 aliphatic heterocycles. The zero-order chi connectivity index (χ0) is 22.5. The summed E-state index contributed by atoms with van der Waals surface area (Å²) in [4.78, 5) is 22.9. The second-order valence-electron chi connectivity index (χ2n) is 6.97. The van der Waals surface area contributed by atoms with Crippen LogP contribution < -0.4 is 5.43 Å². The molecular formula is C24H17N5O3. The Bertz CT molecular complexity index is 1400. The number of hydrogen-bond acceptors (Lipinski definition) is 5. The van der Waals surface area contributed by atoms with Crippen LogP contribution in [0.5, 0.6) is 0 Å². The van der Waals surface area contributed by atoms with Gasteiger partial charge in [-0.1, -0.05) is 48.5 Å². The van der Waals surface area contributed by atoms with E-state index in [9.17, 15) is 20.2 Å². The van der Waals surface area contributed by atoms with Crippen LogP contribution in [0.3, 0.4) is 0 Å². The van der Waals surface area contributed by atoms with Gasteiger partial charge in [-0.05, 0) is 23.8 Å². The molecular weight excluding hydrogens is 406 g/mol. The van der Waals surface area contributed by atoms with Crippen LogP contribution in [0.4, 0.5) is 5.69 Å². The highest BCUT2D eigenvalue weighted by atomic mass is 16.6. The molecule has 1 amide bonds. The fourth-order valence-corrected chi connectivity index (χ4v) is 3.51. The number of nitrogens with one attached hydrogen (secondary N) is 1. The molecule has 0 fully saturated rings. The summed E-state index contributed by atoms with van der Waals surface area (Å²) in [5.74, 6) is -0.666. The molecule has 0 atom stereocenters. The Labute approximate surface area is 183 Å². The molecule has 8 nitrogen and oxygen atoms in total. The number of hydrazone groups is 1. The van der Waals surface area contributed by atoms with E-state index in [1.165, 1.54) is 24.4 Å². The first-order valence-electron chi connectivity index (χ1n) is 9.71. The first-order valence-corrected chi connectivity index (χ1v) is 9.71. The molecule has 1 aromatic heterocycles. The molecule has 32 heavy (non-hydrogen) atoms. The third-order valence-corrected chi connectivity index (χ3v) is 5.01. The van der Waals surface area contributed by atoms with Gasteiger partial charge in [0, 0.05) is 35.3 Å². The molecule has 0 aliphatic carbocycles. The van der Waals surface area contributed by atoms with Gasteiger partial charge in [-0.25, -0.2) is 5.43 Å². The van der Waals surface area contributed by atoms with Crippen molar-refractivity contribution in [3.05, 3.63) is 111 Å². The van der Waals surface area contributed by atoms with Gasteiger partial charge in [-0.3, -0.25) is 14.9 Å². The second-order valence-corrected chi connectivity index (χ2v) is 6.97. The fourth-order valence-electron chi connectivity index (χ4n) is 3.51. The first-order chi connectivity index (χ1) is 15.6. The number of nitro benzene ring substituents is 1. The van der Waals surface area contributed by atoms with E-state index in [1.54, 1.807) is 12.1 Å². The summed E-state index contributed by atoms with van der Waals surface area (Å²) in [7, 11) is 0. The number of benzene rings is 3. The number of carbonyl (C=O) groups excluding carboxylic acids is 1. The molecule has 8 heteroatoms. The number of para-hydroxylation sites is 2. The lowest BCUT2D eigenvalue weighted by Crippen LogP contribution is -2.18. The zero-order valence-electron chi connectivity index (χ0n) is 16.8. The summed E-state index contributed by atoms with van der Waals surface area (Å²) < 4.78 is 2.01. The molecule has 4 rings (SSSR count). The number of nitrogens with zero attached hydrogens (tertiary/aromatic N) is 4. The van der Waals surface area contributed by atoms with Gasteiger partial charge in [0.05, 0.1) is 22.8 Å². The van der Waals surface area contributed by atoms with Crippen LogP contribution >= 0.6 is 0 Å². The highest BCUT2D eigenvalue weighted by Gasteiger charge is 2.18. The van der Waals surface area contributed by atoms with Gasteiger partial charge >= 0.3 is 0 Å². The van der Waals surface area contributed by atoms with Crippen molar-refractivity contribution >= 4 is 28.7 Å². The molecule has 3 aromatic carbocycles. The molecule has 0 saturated carbocycles. The average Bonchev–Trinajstić information content (AvgIpc) is 3.16. The molecule has 0 aliphatic rings. The van der Waals surface area contributed by atoms with Crippen molar-refractivity contribution in [3.8, 4) is 6.07 Å². The van der Waals surface area contributed by atoms with Crippen LogP contribution in [0, 0.1) is 21.4 Å². The van der Waals surface area contributed by atoms with Crippen LogP contribution in [-0.4, -0.2) is 21.6 Å². The maximum atomic E-state index is 12.4. The van der Waals surface area contributed by atoms with Gasteiger partial charge in [-0.2, -0.15) is 10.4 Å². The normalized spacial score (nSPS) is 10.8. The topological polar surface area (TPSA) is 113 Å². The second kappa shape index (κ2) is 8.93. The molecule has 0 bridgehead atoms. The number of fused-ring (bicyclic) bond motifs is 1. The van der Waals surface area contributed by atoms with Crippen molar-refractivity contribution in [3.63, 3.8) is 0 Å². The fraction of sp³-hybridized carbons (Fsp3) is 0.0417. The Kier molecular flexibility index (Phi) is 5.72. The van der Waals surface area contributed by atoms with Crippen LogP contribution in [0.25, 0.3) is 10.9 Å². The number of nitro groups is 1. The lowest BCUT2D eigenvalue weighted by Gasteiger charge is -2.07. The number of amides is 1. The Morgan fingerprint density at radius 1 is 1.09 bits per heavy atom. The highest BCUT2D eigenvalue weighted by Crippen LogP contribution is 2.22. The smallest absolute Gasteiger partial charge is 0.282 e. The predicted molar refractivity (Wildman–Crippen MR) is 120 cm³/mol. The highest BCUT2D eigenvalue weighted by molar-refractivity contribution is 6.01. The van der Waals surface area contributed by atoms with Gasteiger partial charge in [0.1, 0.15) is 5.56 Å². The summed E-state index contributed by atoms with van der Waals surface area (Å²) in [6, 6.07) is 23.0. The SMILES string of the molecule is N#Cc1ccccc1Cn1cc(/C=N\NC(=O)c2ccccc2[N+](=O)[O-])c2ccccc21. The summed E-state index contributed by atoms with van der Waals surface area (Å²) in [5.41, 5.74) is 5.22. The lowest BCUT2D eigenvalue weighted by molar-refractivity contribution is -0.385. The summed E-state index contributed by atoms with van der Waals surface area (Å²) in [6.45, 7) is 0.501. The lowest BCUT2D eigenvalue weighted by atomic mass is 10.1. The molecule has 0 saturated heterocycles. The number of hydrogen-bond donors (Lipinski definition) is 1. The standard InChI is InChI=1S/C24H17N5O3/c25-13-17-7-1-2-8-18(17)15-28-16-19(20-9-3-5-11-22(20)28)14-26-27-24(30)21-10-4-6-12-23(21)29(31)32/h1-12,14,16H,15H2,(H,27,30)/b26-14-. The quantitative estimate of drug-likeness (QED) is 0.284. The van der Waals surface area contributed by atoms with E-state index in [2.05, 4.69) is 16.6 Å². The average molecular weight is 423 g/mol. The summed E-state index contributed by atoms with van der Waals surface area (Å²) in [5, 5.41) is 25.4. The molecule has 0 spiro atoms. The van der Waals surface area contributed by atoms with Crippen molar-refractivity contribution in [1.29, 1.82) is 5.26 Å². The first kappa shape index (κ1) is 20.5. The molecule has 1 N–H and O–H groups in total. The van der Waals surface area contributed by atoms with E-state index in [-0.39, 0.29) is 11.3 Å². The van der Waals surface area contributed by atoms with E-state index < -0.39 is 10.8 Å². The van der Waals surface area contributed by atoms with Crippen LogP contribution in [0.2, 0.25) is 0 Å². The van der Waals surface area contributed by atoms with Crippen molar-refractivity contribution in [1.82, 2.24) is 9.99 Å². The maximum absolute atomic E-state index is 12.4. The van der Waals surface area contributed by atoms with Crippen molar-refractivity contribution in [2.45, 2.75) is 6.54 Å². The number of aromatic nitrogens is 1. The van der Waals surface area contributed by atoms with Gasteiger partial charge in [0.15, 0.2) is 0 Å². The van der Waals surface area contributed by atoms with E-state index in [1.807, 2.05) is 53.2 Å². The third-order valence-electron chi connectivity index (χ3n) is 5.01. The van der Waals surface area contributed by atoms with Crippen LogP contribution in [-0.2, 0) is 6.54 Å². The molecule has 4 aromatic rings. The molecule has 0 radical (unpaired) electrons. The number of carbonyl (C=O) groups is 1. The molecule has 0 unspecified atom stereocenters. The largest absolute Gasteiger partial charge is 0.342 e. The maximum Gasteiger partial charge on any atom is 0.282 e. The van der Waals surface area contributed by atoms with Crippen molar-refractivity contribution in [2.24, 2.45) is 5.10 Å². The molecule has 156 valence electrons. The minimum Gasteiger partial charge on any atom is -0.342 e. The molecule has 1 heterocycles. The van der Waals surface area contributed by atoms with E-state index in [0.717, 1.165) is 22.0 Å². The number of rotatable bonds is 6. The summed E-state index contributed by atoms with van der Waals surface area (Å²) in [6.07, 6.45) is 3.39. The third kappa shape index (κ3) is 4.08. The van der Waals surface area contributed by atoms with Gasteiger partial charge in [0.2, 0.25) is 0 Å². The zero-order valence-corrected chi connectivity index (χ0v) is 16.8. The van der Waals surface area contributed by atoms with Crippen LogP contribution in [0.15, 0.2) is 84.1 Å². The van der Waals surface area contributed by atoms with E-state index in [0.29, 0.717) is 12.1 Å². The number of nitriles is 1.